The first-order valence-corrected chi connectivity index (χ1v) is 8.62. The van der Waals surface area contributed by atoms with Gasteiger partial charge in [-0.15, -0.1) is 0 Å². The summed E-state index contributed by atoms with van der Waals surface area (Å²) in [4.78, 5) is 25.0. The van der Waals surface area contributed by atoms with Gasteiger partial charge in [0.05, 0.1) is 24.2 Å². The third-order valence-corrected chi connectivity index (χ3v) is 4.62. The average Bonchev–Trinajstić information content (AvgIpc) is 2.91. The van der Waals surface area contributed by atoms with E-state index in [0.29, 0.717) is 0 Å². The minimum absolute atomic E-state index is 0.00710. The smallest absolute Gasteiger partial charge is 0.329 e. The van der Waals surface area contributed by atoms with Crippen LogP contribution in [0.15, 0.2) is 53.3 Å². The number of hydrogen-bond acceptors (Lipinski definition) is 3. The van der Waals surface area contributed by atoms with E-state index in [9.17, 15) is 9.59 Å². The fraction of sp³-hybridized carbons (Fsp3) is 0.300. The Balaban J connectivity index is 1.79. The highest BCUT2D eigenvalue weighted by Crippen LogP contribution is 2.20. The third kappa shape index (κ3) is 3.35. The summed E-state index contributed by atoms with van der Waals surface area (Å²) >= 11 is 0. The lowest BCUT2D eigenvalue weighted by Crippen LogP contribution is -2.34. The van der Waals surface area contributed by atoms with Crippen molar-refractivity contribution in [3.8, 4) is 5.75 Å². The SMILES string of the molecule is CCC(NC(=O)Cn1c(=O)n(C)c2ccccc21)c1ccc(OC)cc1. The molecule has 136 valence electrons. The first-order valence-electron chi connectivity index (χ1n) is 8.62. The average molecular weight is 353 g/mol. The van der Waals surface area contributed by atoms with Crippen molar-refractivity contribution in [3.05, 3.63) is 64.6 Å². The van der Waals surface area contributed by atoms with Gasteiger partial charge < -0.3 is 10.1 Å². The van der Waals surface area contributed by atoms with Crippen molar-refractivity contribution in [2.24, 2.45) is 7.05 Å². The van der Waals surface area contributed by atoms with Crippen LogP contribution >= 0.6 is 0 Å². The molecule has 6 heteroatoms. The van der Waals surface area contributed by atoms with Crippen LogP contribution in [0.1, 0.15) is 24.9 Å². The van der Waals surface area contributed by atoms with Gasteiger partial charge >= 0.3 is 5.69 Å². The lowest BCUT2D eigenvalue weighted by atomic mass is 10.0. The number of para-hydroxylation sites is 2. The van der Waals surface area contributed by atoms with E-state index in [-0.39, 0.29) is 24.2 Å². The molecule has 1 aromatic heterocycles. The summed E-state index contributed by atoms with van der Waals surface area (Å²) in [6.45, 7) is 2.01. The van der Waals surface area contributed by atoms with Crippen molar-refractivity contribution >= 4 is 16.9 Å². The van der Waals surface area contributed by atoms with E-state index >= 15 is 0 Å². The Morgan fingerprint density at radius 2 is 1.77 bits per heavy atom. The summed E-state index contributed by atoms with van der Waals surface area (Å²) in [5.41, 5.74) is 2.38. The maximum absolute atomic E-state index is 12.6. The molecule has 0 bridgehead atoms. The molecule has 0 aliphatic carbocycles. The van der Waals surface area contributed by atoms with Crippen LogP contribution in [0, 0.1) is 0 Å². The summed E-state index contributed by atoms with van der Waals surface area (Å²) in [7, 11) is 3.33. The Morgan fingerprint density at radius 1 is 1.12 bits per heavy atom. The van der Waals surface area contributed by atoms with Crippen molar-refractivity contribution in [2.45, 2.75) is 25.9 Å². The zero-order valence-electron chi connectivity index (χ0n) is 15.2. The van der Waals surface area contributed by atoms with E-state index in [0.717, 1.165) is 28.8 Å². The number of rotatable bonds is 6. The zero-order chi connectivity index (χ0) is 18.7. The quantitative estimate of drug-likeness (QED) is 0.741. The maximum atomic E-state index is 12.6. The molecule has 26 heavy (non-hydrogen) atoms. The molecule has 1 heterocycles. The third-order valence-electron chi connectivity index (χ3n) is 4.62. The fourth-order valence-electron chi connectivity index (χ4n) is 3.16. The van der Waals surface area contributed by atoms with Crippen LogP contribution in [0.4, 0.5) is 0 Å². The number of nitrogens with zero attached hydrogens (tertiary/aromatic N) is 2. The number of benzene rings is 2. The number of aryl methyl sites for hydroxylation is 1. The Kier molecular flexibility index (Phi) is 5.11. The van der Waals surface area contributed by atoms with Crippen molar-refractivity contribution in [1.82, 2.24) is 14.5 Å². The molecule has 6 nitrogen and oxygen atoms in total. The Bertz CT molecular complexity index is 970. The zero-order valence-corrected chi connectivity index (χ0v) is 15.2. The minimum Gasteiger partial charge on any atom is -0.497 e. The topological polar surface area (TPSA) is 65.3 Å². The normalized spacial score (nSPS) is 12.1. The second kappa shape index (κ2) is 7.47. The summed E-state index contributed by atoms with van der Waals surface area (Å²) in [6, 6.07) is 15.0. The highest BCUT2D eigenvalue weighted by atomic mass is 16.5. The van der Waals surface area contributed by atoms with Gasteiger partial charge in [-0.3, -0.25) is 13.9 Å². The number of hydrogen-bond donors (Lipinski definition) is 1. The first-order chi connectivity index (χ1) is 12.5. The van der Waals surface area contributed by atoms with Crippen LogP contribution in [0.25, 0.3) is 11.0 Å². The maximum Gasteiger partial charge on any atom is 0.329 e. The lowest BCUT2D eigenvalue weighted by Gasteiger charge is -2.18. The van der Waals surface area contributed by atoms with Crippen molar-refractivity contribution in [1.29, 1.82) is 0 Å². The van der Waals surface area contributed by atoms with E-state index in [1.165, 1.54) is 4.57 Å². The fourth-order valence-corrected chi connectivity index (χ4v) is 3.16. The molecule has 0 saturated carbocycles. The molecule has 2 aromatic carbocycles. The predicted octanol–water partition coefficient (Wildman–Crippen LogP) is 2.62. The van der Waals surface area contributed by atoms with Gasteiger partial charge in [0.1, 0.15) is 12.3 Å². The monoisotopic (exact) mass is 353 g/mol. The van der Waals surface area contributed by atoms with Gasteiger partial charge in [0.2, 0.25) is 5.91 Å². The Hall–Kier alpha value is -3.02. The summed E-state index contributed by atoms with van der Waals surface area (Å²) < 4.78 is 8.24. The van der Waals surface area contributed by atoms with Crippen LogP contribution in [0.3, 0.4) is 0 Å². The Morgan fingerprint density at radius 3 is 2.38 bits per heavy atom. The number of carbonyl (C=O) groups excluding carboxylic acids is 1. The van der Waals surface area contributed by atoms with Crippen LogP contribution in [0.5, 0.6) is 5.75 Å². The van der Waals surface area contributed by atoms with E-state index in [1.807, 2.05) is 55.5 Å². The standard InChI is InChI=1S/C20H23N3O3/c1-4-16(14-9-11-15(26-3)12-10-14)21-19(24)13-23-18-8-6-5-7-17(18)22(2)20(23)25/h5-12,16H,4,13H2,1-3H3,(H,21,24). The molecule has 1 N–H and O–H groups in total. The lowest BCUT2D eigenvalue weighted by molar-refractivity contribution is -0.122. The molecular formula is C20H23N3O3. The molecular weight excluding hydrogens is 330 g/mol. The molecule has 3 aromatic rings. The van der Waals surface area contributed by atoms with Gasteiger partial charge in [0, 0.05) is 7.05 Å². The number of nitrogens with one attached hydrogen (secondary N) is 1. The van der Waals surface area contributed by atoms with E-state index in [2.05, 4.69) is 5.32 Å². The second-order valence-electron chi connectivity index (χ2n) is 6.22. The van der Waals surface area contributed by atoms with Crippen molar-refractivity contribution in [2.75, 3.05) is 7.11 Å². The second-order valence-corrected chi connectivity index (χ2v) is 6.22. The number of ether oxygens (including phenoxy) is 1. The van der Waals surface area contributed by atoms with Crippen molar-refractivity contribution in [3.63, 3.8) is 0 Å². The van der Waals surface area contributed by atoms with E-state index in [4.69, 9.17) is 4.74 Å². The van der Waals surface area contributed by atoms with Gasteiger partial charge in [-0.05, 0) is 36.2 Å². The molecule has 0 radical (unpaired) electrons. The molecule has 0 aliphatic heterocycles. The number of carbonyl (C=O) groups is 1. The molecule has 0 spiro atoms. The molecule has 1 atom stereocenters. The van der Waals surface area contributed by atoms with Gasteiger partial charge in [-0.2, -0.15) is 0 Å². The number of aromatic nitrogens is 2. The summed E-state index contributed by atoms with van der Waals surface area (Å²) in [5, 5.41) is 3.02. The van der Waals surface area contributed by atoms with Crippen LogP contribution in [0.2, 0.25) is 0 Å². The van der Waals surface area contributed by atoms with Crippen LogP contribution in [-0.2, 0) is 18.4 Å². The number of imidazole rings is 1. The largest absolute Gasteiger partial charge is 0.497 e. The van der Waals surface area contributed by atoms with Gasteiger partial charge in [-0.25, -0.2) is 4.79 Å². The van der Waals surface area contributed by atoms with Gasteiger partial charge in [0.15, 0.2) is 0 Å². The highest BCUT2D eigenvalue weighted by molar-refractivity contribution is 5.81. The molecule has 0 fully saturated rings. The van der Waals surface area contributed by atoms with Gasteiger partial charge in [0.25, 0.3) is 0 Å². The Labute approximate surface area is 152 Å². The summed E-state index contributed by atoms with van der Waals surface area (Å²) in [6.07, 6.45) is 0.752. The molecule has 0 saturated heterocycles. The molecule has 1 amide bonds. The van der Waals surface area contributed by atoms with Crippen LogP contribution in [-0.4, -0.2) is 22.2 Å². The first kappa shape index (κ1) is 17.8. The van der Waals surface area contributed by atoms with Gasteiger partial charge in [-0.1, -0.05) is 31.2 Å². The molecule has 0 aliphatic rings. The number of methoxy groups -OCH3 is 1. The number of fused-ring (bicyclic) bond motifs is 1. The minimum atomic E-state index is -0.196. The number of amides is 1. The van der Waals surface area contributed by atoms with E-state index < -0.39 is 0 Å². The highest BCUT2D eigenvalue weighted by Gasteiger charge is 2.16. The van der Waals surface area contributed by atoms with Crippen LogP contribution < -0.4 is 15.7 Å². The molecule has 3 rings (SSSR count). The molecule has 1 unspecified atom stereocenters. The van der Waals surface area contributed by atoms with Crippen molar-refractivity contribution < 1.29 is 9.53 Å². The summed E-state index contributed by atoms with van der Waals surface area (Å²) in [5.74, 6) is 0.586. The predicted molar refractivity (Wildman–Crippen MR) is 101 cm³/mol. The van der Waals surface area contributed by atoms with E-state index in [1.54, 1.807) is 18.7 Å².